The summed E-state index contributed by atoms with van der Waals surface area (Å²) in [6, 6.07) is -0.688. The van der Waals surface area contributed by atoms with Crippen molar-refractivity contribution in [2.75, 3.05) is 39.2 Å². The molecule has 136 valence electrons. The van der Waals surface area contributed by atoms with Gasteiger partial charge >= 0.3 is 0 Å². The third kappa shape index (κ3) is 4.71. The molecule has 2 aliphatic rings. The highest BCUT2D eigenvalue weighted by Gasteiger charge is 2.38. The van der Waals surface area contributed by atoms with Crippen LogP contribution in [0.3, 0.4) is 0 Å². The lowest BCUT2D eigenvalue weighted by Crippen LogP contribution is -2.47. The number of nitrogens with zero attached hydrogens (tertiary/aromatic N) is 4. The van der Waals surface area contributed by atoms with Gasteiger partial charge < -0.3 is 14.6 Å². The average molecular weight is 361 g/mol. The fraction of sp³-hybridized carbons (Fsp3) is 0.846. The summed E-state index contributed by atoms with van der Waals surface area (Å²) in [7, 11) is -3.43. The quantitative estimate of drug-likeness (QED) is 0.585. The Bertz CT molecular complexity index is 645. The maximum Gasteiger partial charge on any atom is 0.209 e. The molecular weight excluding hydrogens is 338 g/mol. The number of hydrogen-bond donors (Lipinski definition) is 2. The molecule has 0 bridgehead atoms. The van der Waals surface area contributed by atoms with Gasteiger partial charge in [0, 0.05) is 25.8 Å². The second-order valence-electron chi connectivity index (χ2n) is 6.18. The molecule has 24 heavy (non-hydrogen) atoms. The summed E-state index contributed by atoms with van der Waals surface area (Å²) in [5.74, 6) is 0. The molecule has 0 spiro atoms. The lowest BCUT2D eigenvalue weighted by Gasteiger charge is -2.25. The number of sulfonamides is 1. The molecule has 0 amide bonds. The summed E-state index contributed by atoms with van der Waals surface area (Å²) in [4.78, 5) is 2.24. The van der Waals surface area contributed by atoms with Crippen molar-refractivity contribution in [1.82, 2.24) is 24.6 Å². The SMILES string of the molecule is CS(=O)(=O)N[C@@H]1[C@@H](O)CO[C@@H]1Cn1cc(CN2CCOCC2)nn1. The minimum Gasteiger partial charge on any atom is -0.389 e. The van der Waals surface area contributed by atoms with E-state index in [1.54, 1.807) is 4.68 Å². The number of morpholine rings is 1. The van der Waals surface area contributed by atoms with Crippen molar-refractivity contribution in [2.24, 2.45) is 0 Å². The molecule has 0 aliphatic carbocycles. The van der Waals surface area contributed by atoms with Gasteiger partial charge in [-0.3, -0.25) is 4.90 Å². The predicted octanol–water partition coefficient (Wildman–Crippen LogP) is -2.21. The molecule has 11 heteroatoms. The fourth-order valence-corrected chi connectivity index (χ4v) is 3.72. The van der Waals surface area contributed by atoms with Crippen molar-refractivity contribution in [3.8, 4) is 0 Å². The molecule has 1 aromatic rings. The summed E-state index contributed by atoms with van der Waals surface area (Å²) in [5, 5.41) is 18.1. The maximum absolute atomic E-state index is 11.4. The van der Waals surface area contributed by atoms with Crippen LogP contribution in [0.5, 0.6) is 0 Å². The van der Waals surface area contributed by atoms with Gasteiger partial charge in [-0.2, -0.15) is 0 Å². The molecule has 0 radical (unpaired) electrons. The Kier molecular flexibility index (Phi) is 5.47. The first-order valence-electron chi connectivity index (χ1n) is 7.87. The number of hydrogen-bond acceptors (Lipinski definition) is 8. The summed E-state index contributed by atoms with van der Waals surface area (Å²) < 4.78 is 37.7. The van der Waals surface area contributed by atoms with Gasteiger partial charge in [0.25, 0.3) is 0 Å². The van der Waals surface area contributed by atoms with Gasteiger partial charge in [-0.15, -0.1) is 5.10 Å². The van der Waals surface area contributed by atoms with Crippen LogP contribution in [0.25, 0.3) is 0 Å². The monoisotopic (exact) mass is 361 g/mol. The van der Waals surface area contributed by atoms with Crippen LogP contribution in [0.4, 0.5) is 0 Å². The Morgan fingerprint density at radius 3 is 2.88 bits per heavy atom. The summed E-state index contributed by atoms with van der Waals surface area (Å²) in [5.41, 5.74) is 0.836. The molecule has 10 nitrogen and oxygen atoms in total. The Balaban J connectivity index is 1.59. The molecule has 0 saturated carbocycles. The number of nitrogens with one attached hydrogen (secondary N) is 1. The van der Waals surface area contributed by atoms with E-state index < -0.39 is 28.3 Å². The van der Waals surface area contributed by atoms with Crippen LogP contribution in [0.1, 0.15) is 5.69 Å². The first-order valence-corrected chi connectivity index (χ1v) is 9.76. The van der Waals surface area contributed by atoms with Gasteiger partial charge in [-0.1, -0.05) is 5.21 Å². The Morgan fingerprint density at radius 2 is 2.17 bits per heavy atom. The minimum absolute atomic E-state index is 0.0905. The first kappa shape index (κ1) is 17.7. The van der Waals surface area contributed by atoms with E-state index in [2.05, 4.69) is 19.9 Å². The van der Waals surface area contributed by atoms with Crippen LogP contribution in [0.2, 0.25) is 0 Å². The number of aromatic nitrogens is 3. The van der Waals surface area contributed by atoms with E-state index in [0.29, 0.717) is 13.1 Å². The van der Waals surface area contributed by atoms with E-state index in [-0.39, 0.29) is 6.61 Å². The van der Waals surface area contributed by atoms with Crippen molar-refractivity contribution < 1.29 is 23.0 Å². The van der Waals surface area contributed by atoms with Gasteiger partial charge in [-0.05, 0) is 0 Å². The third-order valence-corrected chi connectivity index (χ3v) is 4.79. The van der Waals surface area contributed by atoms with Crippen molar-refractivity contribution in [3.63, 3.8) is 0 Å². The van der Waals surface area contributed by atoms with Crippen LogP contribution >= 0.6 is 0 Å². The Hall–Kier alpha value is -1.11. The molecule has 2 fully saturated rings. The second-order valence-corrected chi connectivity index (χ2v) is 7.96. The van der Waals surface area contributed by atoms with Gasteiger partial charge in [0.15, 0.2) is 0 Å². The molecule has 1 aromatic heterocycles. The topological polar surface area (TPSA) is 119 Å². The molecule has 0 unspecified atom stereocenters. The van der Waals surface area contributed by atoms with E-state index in [1.807, 2.05) is 6.20 Å². The van der Waals surface area contributed by atoms with Crippen molar-refractivity contribution in [1.29, 1.82) is 0 Å². The number of aliphatic hydroxyl groups is 1. The number of aliphatic hydroxyl groups excluding tert-OH is 1. The van der Waals surface area contributed by atoms with E-state index >= 15 is 0 Å². The van der Waals surface area contributed by atoms with Crippen LogP contribution in [-0.4, -0.2) is 90.8 Å². The highest BCUT2D eigenvalue weighted by atomic mass is 32.2. The standard InChI is InChI=1S/C13H23N5O5S/c1-24(20,21)15-13-11(19)9-23-12(13)8-18-7-10(14-16-18)6-17-2-4-22-5-3-17/h7,11-13,15,19H,2-6,8-9H2,1H3/t11-,12+,13+/m0/s1. The maximum atomic E-state index is 11.4. The molecule has 3 atom stereocenters. The summed E-state index contributed by atoms with van der Waals surface area (Å²) in [6.45, 7) is 4.29. The molecular formula is C13H23N5O5S. The van der Waals surface area contributed by atoms with Crippen LogP contribution < -0.4 is 4.72 Å². The highest BCUT2D eigenvalue weighted by molar-refractivity contribution is 7.88. The lowest BCUT2D eigenvalue weighted by atomic mass is 10.1. The average Bonchev–Trinajstić information content (AvgIpc) is 3.09. The van der Waals surface area contributed by atoms with E-state index in [4.69, 9.17) is 9.47 Å². The smallest absolute Gasteiger partial charge is 0.209 e. The van der Waals surface area contributed by atoms with Crippen molar-refractivity contribution >= 4 is 10.0 Å². The normalized spacial score (nSPS) is 29.2. The van der Waals surface area contributed by atoms with Crippen LogP contribution in [0.15, 0.2) is 6.20 Å². The van der Waals surface area contributed by atoms with E-state index in [0.717, 1.165) is 38.3 Å². The Labute approximate surface area is 140 Å². The summed E-state index contributed by atoms with van der Waals surface area (Å²) >= 11 is 0. The zero-order chi connectivity index (χ0) is 17.2. The minimum atomic E-state index is -3.43. The number of rotatable bonds is 6. The van der Waals surface area contributed by atoms with Crippen LogP contribution in [-0.2, 0) is 32.6 Å². The molecule has 3 rings (SSSR count). The van der Waals surface area contributed by atoms with Crippen molar-refractivity contribution in [2.45, 2.75) is 31.3 Å². The van der Waals surface area contributed by atoms with Gasteiger partial charge in [0.1, 0.15) is 0 Å². The third-order valence-electron chi connectivity index (χ3n) is 4.09. The van der Waals surface area contributed by atoms with Crippen molar-refractivity contribution in [3.05, 3.63) is 11.9 Å². The number of ether oxygens (including phenoxy) is 2. The molecule has 2 aliphatic heterocycles. The van der Waals surface area contributed by atoms with E-state index in [9.17, 15) is 13.5 Å². The molecule has 2 saturated heterocycles. The molecule has 0 aromatic carbocycles. The van der Waals surface area contributed by atoms with E-state index in [1.165, 1.54) is 0 Å². The zero-order valence-corrected chi connectivity index (χ0v) is 14.4. The predicted molar refractivity (Wildman–Crippen MR) is 83.6 cm³/mol. The van der Waals surface area contributed by atoms with Gasteiger partial charge in [-0.25, -0.2) is 17.8 Å². The first-order chi connectivity index (χ1) is 11.4. The second kappa shape index (κ2) is 7.42. The highest BCUT2D eigenvalue weighted by Crippen LogP contribution is 2.17. The van der Waals surface area contributed by atoms with Gasteiger partial charge in [0.2, 0.25) is 10.0 Å². The van der Waals surface area contributed by atoms with Gasteiger partial charge in [0.05, 0.1) is 56.6 Å². The zero-order valence-electron chi connectivity index (χ0n) is 13.5. The van der Waals surface area contributed by atoms with Crippen LogP contribution in [0, 0.1) is 0 Å². The fourth-order valence-electron chi connectivity index (χ4n) is 2.92. The lowest BCUT2D eigenvalue weighted by molar-refractivity contribution is 0.0336. The summed E-state index contributed by atoms with van der Waals surface area (Å²) in [6.07, 6.45) is 1.51. The molecule has 3 heterocycles. The molecule has 2 N–H and O–H groups in total. The largest absolute Gasteiger partial charge is 0.389 e. The Morgan fingerprint density at radius 1 is 1.42 bits per heavy atom.